The molecule has 0 unspecified atom stereocenters. The molecule has 0 bridgehead atoms. The third-order valence-corrected chi connectivity index (χ3v) is 7.73. The van der Waals surface area contributed by atoms with Crippen LogP contribution < -0.4 is 5.43 Å². The molecular formula is C27H31FN4O4S. The molecule has 1 aliphatic heterocycles. The predicted molar refractivity (Wildman–Crippen MR) is 140 cm³/mol. The van der Waals surface area contributed by atoms with E-state index >= 15 is 0 Å². The van der Waals surface area contributed by atoms with Crippen molar-refractivity contribution in [1.29, 1.82) is 0 Å². The number of aromatic hydroxyl groups is 1. The van der Waals surface area contributed by atoms with Gasteiger partial charge in [0.05, 0.1) is 11.6 Å². The van der Waals surface area contributed by atoms with Crippen LogP contribution in [-0.2, 0) is 11.2 Å². The van der Waals surface area contributed by atoms with E-state index < -0.39 is 17.1 Å². The molecule has 0 fully saturated rings. The molecule has 37 heavy (non-hydrogen) atoms. The summed E-state index contributed by atoms with van der Waals surface area (Å²) < 4.78 is 14.9. The van der Waals surface area contributed by atoms with Crippen molar-refractivity contribution in [2.45, 2.75) is 52.1 Å². The molecule has 0 saturated heterocycles. The minimum absolute atomic E-state index is 0.0211. The first kappa shape index (κ1) is 26.5. The minimum atomic E-state index is -0.648. The van der Waals surface area contributed by atoms with Gasteiger partial charge in [-0.15, -0.1) is 11.3 Å². The van der Waals surface area contributed by atoms with E-state index in [4.69, 9.17) is 0 Å². The summed E-state index contributed by atoms with van der Waals surface area (Å²) in [5, 5.41) is 11.4. The Hall–Kier alpha value is -3.53. The third kappa shape index (κ3) is 5.44. The monoisotopic (exact) mass is 526 g/mol. The van der Waals surface area contributed by atoms with Gasteiger partial charge in [-0.05, 0) is 38.0 Å². The summed E-state index contributed by atoms with van der Waals surface area (Å²) in [6.45, 7) is 6.45. The van der Waals surface area contributed by atoms with Crippen molar-refractivity contribution in [3.05, 3.63) is 68.8 Å². The van der Waals surface area contributed by atoms with Gasteiger partial charge < -0.3 is 19.5 Å². The van der Waals surface area contributed by atoms with Gasteiger partial charge in [-0.25, -0.2) is 9.37 Å². The van der Waals surface area contributed by atoms with Gasteiger partial charge in [0.1, 0.15) is 10.8 Å². The molecule has 8 nitrogen and oxygen atoms in total. The number of nitrogens with zero attached hydrogens (tertiary/aromatic N) is 4. The summed E-state index contributed by atoms with van der Waals surface area (Å²) in [6, 6.07) is 5.83. The Morgan fingerprint density at radius 2 is 1.97 bits per heavy atom. The molecule has 0 radical (unpaired) electrons. The SMILES string of the molecule is CCC(=O)N(C)CC[C@H]1CN(C(C)C)C(=O)c2c(O)c(=O)c(-c3ncc(Cc4ccc(F)cc4)s3)cn21. The first-order valence-corrected chi connectivity index (χ1v) is 13.1. The first-order chi connectivity index (χ1) is 17.6. The smallest absolute Gasteiger partial charge is 0.274 e. The summed E-state index contributed by atoms with van der Waals surface area (Å²) in [7, 11) is 1.74. The first-order valence-electron chi connectivity index (χ1n) is 12.3. The molecule has 1 aromatic carbocycles. The van der Waals surface area contributed by atoms with Crippen LogP contribution in [0.5, 0.6) is 5.75 Å². The number of benzene rings is 1. The quantitative estimate of drug-likeness (QED) is 0.477. The lowest BCUT2D eigenvalue weighted by molar-refractivity contribution is -0.129. The zero-order valence-corrected chi connectivity index (χ0v) is 22.2. The van der Waals surface area contributed by atoms with Crippen LogP contribution in [0.15, 0.2) is 41.5 Å². The Balaban J connectivity index is 1.71. The Kier molecular flexibility index (Phi) is 7.77. The van der Waals surface area contributed by atoms with E-state index in [1.165, 1.54) is 23.5 Å². The zero-order chi connectivity index (χ0) is 26.9. The zero-order valence-electron chi connectivity index (χ0n) is 21.4. The lowest BCUT2D eigenvalue weighted by atomic mass is 10.0. The maximum Gasteiger partial charge on any atom is 0.274 e. The van der Waals surface area contributed by atoms with Crippen molar-refractivity contribution in [2.24, 2.45) is 0 Å². The van der Waals surface area contributed by atoms with Gasteiger partial charge in [-0.3, -0.25) is 14.4 Å². The van der Waals surface area contributed by atoms with Gasteiger partial charge in [0.2, 0.25) is 11.3 Å². The molecule has 0 spiro atoms. The van der Waals surface area contributed by atoms with Crippen LogP contribution in [0.3, 0.4) is 0 Å². The second kappa shape index (κ2) is 10.8. The second-order valence-corrected chi connectivity index (χ2v) is 10.7. The van der Waals surface area contributed by atoms with Gasteiger partial charge in [0, 0.05) is 56.3 Å². The maximum atomic E-state index is 13.3. The number of hydrogen-bond donors (Lipinski definition) is 1. The van der Waals surface area contributed by atoms with Crippen LogP contribution in [0.4, 0.5) is 4.39 Å². The molecule has 4 rings (SSSR count). The highest BCUT2D eigenvalue weighted by atomic mass is 32.1. The Labute approximate surface area is 219 Å². The number of amides is 2. The fourth-order valence-corrected chi connectivity index (χ4v) is 5.49. The maximum absolute atomic E-state index is 13.3. The lowest BCUT2D eigenvalue weighted by Gasteiger charge is -2.39. The van der Waals surface area contributed by atoms with E-state index in [2.05, 4.69) is 4.98 Å². The fraction of sp³-hybridized carbons (Fsp3) is 0.407. The molecule has 1 atom stereocenters. The van der Waals surface area contributed by atoms with E-state index in [1.54, 1.807) is 52.9 Å². The number of halogens is 1. The molecular weight excluding hydrogens is 495 g/mol. The largest absolute Gasteiger partial charge is 0.503 e. The number of thiazole rings is 1. The molecule has 3 aromatic rings. The van der Waals surface area contributed by atoms with Crippen molar-refractivity contribution < 1.29 is 19.1 Å². The number of rotatable bonds is 8. The average Bonchev–Trinajstić information content (AvgIpc) is 3.33. The van der Waals surface area contributed by atoms with E-state index in [-0.39, 0.29) is 35.1 Å². The van der Waals surface area contributed by atoms with Crippen LogP contribution in [-0.4, -0.2) is 62.5 Å². The van der Waals surface area contributed by atoms with Crippen molar-refractivity contribution in [3.63, 3.8) is 0 Å². The summed E-state index contributed by atoms with van der Waals surface area (Å²) in [6.07, 6.45) is 4.74. The number of hydrogen-bond acceptors (Lipinski definition) is 6. The molecule has 1 N–H and O–H groups in total. The second-order valence-electron chi connectivity index (χ2n) is 9.57. The highest BCUT2D eigenvalue weighted by molar-refractivity contribution is 7.15. The average molecular weight is 527 g/mol. The highest BCUT2D eigenvalue weighted by Crippen LogP contribution is 2.33. The fourth-order valence-electron chi connectivity index (χ4n) is 4.54. The molecule has 196 valence electrons. The topological polar surface area (TPSA) is 95.7 Å². The van der Waals surface area contributed by atoms with Crippen molar-refractivity contribution in [2.75, 3.05) is 20.1 Å². The van der Waals surface area contributed by atoms with E-state index in [1.807, 2.05) is 13.8 Å². The van der Waals surface area contributed by atoms with Crippen LogP contribution in [0.1, 0.15) is 60.6 Å². The molecule has 2 amide bonds. The third-order valence-electron chi connectivity index (χ3n) is 6.70. The van der Waals surface area contributed by atoms with Gasteiger partial charge in [0.15, 0.2) is 11.4 Å². The van der Waals surface area contributed by atoms with Crippen LogP contribution in [0.25, 0.3) is 10.6 Å². The lowest BCUT2D eigenvalue weighted by Crippen LogP contribution is -2.48. The standard InChI is InChI=1S/C27H31FN4O4S/c1-5-22(33)30(4)11-10-19-14-31(16(2)3)27(36)23-25(35)24(34)21(15-32(19)23)26-29-13-20(37-26)12-17-6-8-18(28)9-7-17/h6-9,13,15-16,19,35H,5,10-12,14H2,1-4H3/t19-/m0/s1. The number of fused-ring (bicyclic) bond motifs is 1. The molecule has 3 heterocycles. The van der Waals surface area contributed by atoms with Gasteiger partial charge in [0.25, 0.3) is 5.91 Å². The highest BCUT2D eigenvalue weighted by Gasteiger charge is 2.36. The number of carbonyl (C=O) groups is 2. The number of carbonyl (C=O) groups excluding carboxylic acids is 2. The number of pyridine rings is 1. The Morgan fingerprint density at radius 3 is 2.62 bits per heavy atom. The summed E-state index contributed by atoms with van der Waals surface area (Å²) in [5.41, 5.74) is 0.438. The summed E-state index contributed by atoms with van der Waals surface area (Å²) in [4.78, 5) is 47.1. The van der Waals surface area contributed by atoms with Gasteiger partial charge >= 0.3 is 0 Å². The van der Waals surface area contributed by atoms with E-state index in [9.17, 15) is 23.9 Å². The molecule has 10 heteroatoms. The van der Waals surface area contributed by atoms with Crippen molar-refractivity contribution in [1.82, 2.24) is 19.4 Å². The minimum Gasteiger partial charge on any atom is -0.503 e. The van der Waals surface area contributed by atoms with Crippen LogP contribution in [0.2, 0.25) is 0 Å². The van der Waals surface area contributed by atoms with Gasteiger partial charge in [-0.2, -0.15) is 0 Å². The Bertz CT molecular complexity index is 1370. The molecule has 1 aliphatic rings. The predicted octanol–water partition coefficient (Wildman–Crippen LogP) is 4.07. The van der Waals surface area contributed by atoms with Crippen LogP contribution in [0, 0.1) is 5.82 Å². The summed E-state index contributed by atoms with van der Waals surface area (Å²) >= 11 is 1.31. The molecule has 2 aromatic heterocycles. The van der Waals surface area contributed by atoms with Gasteiger partial charge in [-0.1, -0.05) is 19.1 Å². The van der Waals surface area contributed by atoms with Crippen molar-refractivity contribution in [3.8, 4) is 16.3 Å². The van der Waals surface area contributed by atoms with Crippen molar-refractivity contribution >= 4 is 23.2 Å². The molecule has 0 aliphatic carbocycles. The van der Waals surface area contributed by atoms with E-state index in [0.717, 1.165) is 10.4 Å². The molecule has 0 saturated carbocycles. The van der Waals surface area contributed by atoms with E-state index in [0.29, 0.717) is 37.4 Å². The summed E-state index contributed by atoms with van der Waals surface area (Å²) in [5.74, 6) is -1.28. The Morgan fingerprint density at radius 1 is 1.27 bits per heavy atom. The van der Waals surface area contributed by atoms with Crippen LogP contribution >= 0.6 is 11.3 Å². The number of aromatic nitrogens is 2. The normalized spacial score (nSPS) is 15.2.